The number of nitrogens with zero attached hydrogens (tertiary/aromatic N) is 6. The van der Waals surface area contributed by atoms with Gasteiger partial charge in [-0.05, 0) is 30.8 Å². The van der Waals surface area contributed by atoms with Gasteiger partial charge in [0.1, 0.15) is 5.75 Å². The van der Waals surface area contributed by atoms with E-state index in [0.717, 1.165) is 64.8 Å². The number of ether oxygens (including phenoxy) is 1. The van der Waals surface area contributed by atoms with E-state index in [2.05, 4.69) is 80.4 Å². The Bertz CT molecular complexity index is 1410. The molecule has 1 unspecified atom stereocenters. The Balaban J connectivity index is 1.38. The molecule has 1 fully saturated rings. The van der Waals surface area contributed by atoms with Crippen molar-refractivity contribution in [3.63, 3.8) is 0 Å². The Hall–Kier alpha value is -3.69. The molecule has 0 bridgehead atoms. The van der Waals surface area contributed by atoms with Gasteiger partial charge in [-0.15, -0.1) is 11.3 Å². The fourth-order valence-corrected chi connectivity index (χ4v) is 6.04. The molecule has 8 nitrogen and oxygen atoms in total. The number of methoxy groups -OCH3 is 1. The minimum Gasteiger partial charge on any atom is -0.496 e. The fourth-order valence-electron chi connectivity index (χ4n) is 4.94. The standard InChI is InChI=1S/C27H29N7OS/c1-32-12-14-33(15-13-32)19-8-9-20(23(16-19)35-2)24-17-21-25(36-24)26(31-27(28)30-21)34-22(10-11-29-34)18-6-4-3-5-7-18/h3-9,11,16-17,22H,10,12-15H2,1-2H3,(H2,28,30,31). The third-order valence-corrected chi connectivity index (χ3v) is 8.07. The van der Waals surface area contributed by atoms with Crippen molar-refractivity contribution in [1.82, 2.24) is 14.9 Å². The van der Waals surface area contributed by atoms with Gasteiger partial charge in [0.05, 0.1) is 23.4 Å². The van der Waals surface area contributed by atoms with Crippen molar-refractivity contribution in [3.05, 3.63) is 60.2 Å². The van der Waals surface area contributed by atoms with Gasteiger partial charge < -0.3 is 20.3 Å². The molecule has 4 heterocycles. The average Bonchev–Trinajstić information content (AvgIpc) is 3.56. The number of anilines is 3. The van der Waals surface area contributed by atoms with Crippen LogP contribution in [0.3, 0.4) is 0 Å². The summed E-state index contributed by atoms with van der Waals surface area (Å²) < 4.78 is 6.81. The highest BCUT2D eigenvalue weighted by molar-refractivity contribution is 7.22. The van der Waals surface area contributed by atoms with Crippen LogP contribution in [0.15, 0.2) is 59.7 Å². The third kappa shape index (κ3) is 4.14. The molecule has 2 aliphatic heterocycles. The highest BCUT2D eigenvalue weighted by Crippen LogP contribution is 2.44. The second kappa shape index (κ2) is 9.40. The maximum Gasteiger partial charge on any atom is 0.222 e. The van der Waals surface area contributed by atoms with Gasteiger partial charge in [0, 0.05) is 61.0 Å². The van der Waals surface area contributed by atoms with Gasteiger partial charge in [-0.2, -0.15) is 10.1 Å². The summed E-state index contributed by atoms with van der Waals surface area (Å²) in [5.74, 6) is 1.83. The number of aromatic nitrogens is 2. The lowest BCUT2D eigenvalue weighted by Gasteiger charge is -2.34. The van der Waals surface area contributed by atoms with Crippen molar-refractivity contribution in [2.75, 3.05) is 56.0 Å². The van der Waals surface area contributed by atoms with E-state index < -0.39 is 0 Å². The largest absolute Gasteiger partial charge is 0.496 e. The van der Waals surface area contributed by atoms with Gasteiger partial charge in [0.25, 0.3) is 0 Å². The number of likely N-dealkylation sites (N-methyl/N-ethyl adjacent to an activating group) is 1. The predicted octanol–water partition coefficient (Wildman–Crippen LogP) is 4.64. The zero-order valence-electron chi connectivity index (χ0n) is 20.5. The minimum atomic E-state index is 0.0756. The van der Waals surface area contributed by atoms with Crippen LogP contribution in [0.25, 0.3) is 20.7 Å². The first kappa shape index (κ1) is 22.8. The topological polar surface area (TPSA) is 83.1 Å². The number of benzene rings is 2. The van der Waals surface area contributed by atoms with Gasteiger partial charge in [0.2, 0.25) is 5.95 Å². The lowest BCUT2D eigenvalue weighted by atomic mass is 10.0. The molecule has 2 aliphatic rings. The van der Waals surface area contributed by atoms with Crippen LogP contribution in [0.1, 0.15) is 18.0 Å². The Morgan fingerprint density at radius 2 is 1.81 bits per heavy atom. The molecule has 6 rings (SSSR count). The van der Waals surface area contributed by atoms with E-state index in [0.29, 0.717) is 0 Å². The van der Waals surface area contributed by atoms with Gasteiger partial charge in [-0.25, -0.2) is 9.99 Å². The van der Waals surface area contributed by atoms with Crippen molar-refractivity contribution in [2.45, 2.75) is 12.5 Å². The maximum absolute atomic E-state index is 6.16. The summed E-state index contributed by atoms with van der Waals surface area (Å²) >= 11 is 1.64. The number of hydrogen-bond acceptors (Lipinski definition) is 9. The third-order valence-electron chi connectivity index (χ3n) is 6.92. The first-order chi connectivity index (χ1) is 17.6. The Labute approximate surface area is 214 Å². The molecule has 0 radical (unpaired) electrons. The average molecular weight is 500 g/mol. The molecule has 9 heteroatoms. The van der Waals surface area contributed by atoms with Gasteiger partial charge in [-0.1, -0.05) is 30.3 Å². The van der Waals surface area contributed by atoms with Crippen LogP contribution in [0.5, 0.6) is 5.75 Å². The molecule has 0 saturated carbocycles. The summed E-state index contributed by atoms with van der Waals surface area (Å²) in [5, 5.41) is 6.65. The van der Waals surface area contributed by atoms with E-state index >= 15 is 0 Å². The van der Waals surface area contributed by atoms with Crippen molar-refractivity contribution < 1.29 is 4.74 Å². The summed E-state index contributed by atoms with van der Waals surface area (Å²) in [7, 11) is 3.90. The summed E-state index contributed by atoms with van der Waals surface area (Å²) in [6.45, 7) is 4.15. The van der Waals surface area contributed by atoms with Crippen molar-refractivity contribution in [2.24, 2.45) is 5.10 Å². The van der Waals surface area contributed by atoms with E-state index in [4.69, 9.17) is 10.5 Å². The summed E-state index contributed by atoms with van der Waals surface area (Å²) in [5.41, 5.74) is 10.4. The summed E-state index contributed by atoms with van der Waals surface area (Å²) in [6.07, 6.45) is 2.76. The van der Waals surface area contributed by atoms with Crippen LogP contribution >= 0.6 is 11.3 Å². The first-order valence-corrected chi connectivity index (χ1v) is 13.0. The van der Waals surface area contributed by atoms with Crippen molar-refractivity contribution >= 4 is 45.2 Å². The molecular formula is C27H29N7OS. The molecule has 4 aromatic rings. The van der Waals surface area contributed by atoms with Crippen molar-refractivity contribution in [3.8, 4) is 16.2 Å². The predicted molar refractivity (Wildman–Crippen MR) is 148 cm³/mol. The number of piperazine rings is 1. The number of thiophene rings is 1. The maximum atomic E-state index is 6.16. The highest BCUT2D eigenvalue weighted by Gasteiger charge is 2.28. The normalized spacial score (nSPS) is 18.3. The zero-order chi connectivity index (χ0) is 24.6. The number of nitrogen functional groups attached to an aromatic ring is 1. The summed E-state index contributed by atoms with van der Waals surface area (Å²) in [6, 6.07) is 19.0. The molecule has 2 aromatic heterocycles. The second-order valence-corrected chi connectivity index (χ2v) is 10.3. The molecule has 2 aromatic carbocycles. The quantitative estimate of drug-likeness (QED) is 0.428. The van der Waals surface area contributed by atoms with E-state index in [1.165, 1.54) is 11.3 Å². The number of hydrazone groups is 1. The van der Waals surface area contributed by atoms with Crippen LogP contribution < -0.4 is 20.4 Å². The first-order valence-electron chi connectivity index (χ1n) is 12.2. The molecule has 184 valence electrons. The Morgan fingerprint density at radius 1 is 1.00 bits per heavy atom. The van der Waals surface area contributed by atoms with E-state index in [9.17, 15) is 0 Å². The molecule has 0 spiro atoms. The molecule has 0 aliphatic carbocycles. The smallest absolute Gasteiger partial charge is 0.222 e. The molecule has 0 amide bonds. The van der Waals surface area contributed by atoms with Crippen LogP contribution in [0.2, 0.25) is 0 Å². The summed E-state index contributed by atoms with van der Waals surface area (Å²) in [4.78, 5) is 15.0. The Kier molecular flexibility index (Phi) is 5.94. The van der Waals surface area contributed by atoms with Gasteiger partial charge in [0.15, 0.2) is 5.82 Å². The van der Waals surface area contributed by atoms with E-state index in [1.54, 1.807) is 18.4 Å². The SMILES string of the molecule is COc1cc(N2CCN(C)CC2)ccc1-c1cc2nc(N)nc(N3N=CCC3c3ccccc3)c2s1. The van der Waals surface area contributed by atoms with Crippen LogP contribution in [0, 0.1) is 0 Å². The molecule has 1 saturated heterocycles. The number of fused-ring (bicyclic) bond motifs is 1. The second-order valence-electron chi connectivity index (χ2n) is 9.21. The number of rotatable bonds is 5. The lowest BCUT2D eigenvalue weighted by Crippen LogP contribution is -2.44. The van der Waals surface area contributed by atoms with Crippen molar-refractivity contribution in [1.29, 1.82) is 0 Å². The number of hydrogen-bond donors (Lipinski definition) is 1. The van der Waals surface area contributed by atoms with E-state index in [-0.39, 0.29) is 12.0 Å². The van der Waals surface area contributed by atoms with Crippen LogP contribution in [0.4, 0.5) is 17.5 Å². The molecular weight excluding hydrogens is 470 g/mol. The Morgan fingerprint density at radius 3 is 2.58 bits per heavy atom. The van der Waals surface area contributed by atoms with E-state index in [1.807, 2.05) is 17.3 Å². The number of nitrogens with two attached hydrogens (primary N) is 1. The van der Waals surface area contributed by atoms with Gasteiger partial charge >= 0.3 is 0 Å². The molecule has 36 heavy (non-hydrogen) atoms. The van der Waals surface area contributed by atoms with Crippen LogP contribution in [-0.4, -0.2) is 61.4 Å². The zero-order valence-corrected chi connectivity index (χ0v) is 21.3. The monoisotopic (exact) mass is 499 g/mol. The lowest BCUT2D eigenvalue weighted by molar-refractivity contribution is 0.312. The molecule has 2 N–H and O–H groups in total. The van der Waals surface area contributed by atoms with Crippen LogP contribution in [-0.2, 0) is 0 Å². The fraction of sp³-hybridized carbons (Fsp3) is 0.296. The van der Waals surface area contributed by atoms with Gasteiger partial charge in [-0.3, -0.25) is 0 Å². The highest BCUT2D eigenvalue weighted by atomic mass is 32.1. The molecule has 1 atom stereocenters. The minimum absolute atomic E-state index is 0.0756.